The number of carbonyl (C=O) groups is 1. The molecule has 1 aromatic heterocycles. The minimum absolute atomic E-state index is 0.183. The Balaban J connectivity index is 1.78. The molecule has 2 heterocycles. The molecule has 0 amide bonds. The molecule has 1 aromatic carbocycles. The maximum Gasteiger partial charge on any atom is 0.416 e. The van der Waals surface area contributed by atoms with E-state index in [-0.39, 0.29) is 5.69 Å². The second-order valence-electron chi connectivity index (χ2n) is 5.73. The summed E-state index contributed by atoms with van der Waals surface area (Å²) >= 11 is 1.36. The molecule has 3 rings (SSSR count). The van der Waals surface area contributed by atoms with E-state index < -0.39 is 22.4 Å². The van der Waals surface area contributed by atoms with Crippen LogP contribution in [-0.4, -0.2) is 37.4 Å². The number of halogens is 3. The van der Waals surface area contributed by atoms with Crippen molar-refractivity contribution in [2.75, 3.05) is 36.0 Å². The van der Waals surface area contributed by atoms with Gasteiger partial charge in [0.2, 0.25) is 0 Å². The minimum atomic E-state index is -4.63. The fourth-order valence-electron chi connectivity index (χ4n) is 2.86. The zero-order valence-electron chi connectivity index (χ0n) is 13.4. The van der Waals surface area contributed by atoms with Gasteiger partial charge in [-0.2, -0.15) is 13.2 Å². The molecule has 0 bridgehead atoms. The largest absolute Gasteiger partial charge is 0.416 e. The van der Waals surface area contributed by atoms with Gasteiger partial charge in [0.25, 0.3) is 5.69 Å². The Morgan fingerprint density at radius 3 is 2.27 bits per heavy atom. The van der Waals surface area contributed by atoms with E-state index in [4.69, 9.17) is 0 Å². The first-order chi connectivity index (χ1) is 12.3. The van der Waals surface area contributed by atoms with Crippen LogP contribution < -0.4 is 9.80 Å². The highest BCUT2D eigenvalue weighted by Gasteiger charge is 2.34. The van der Waals surface area contributed by atoms with Crippen LogP contribution in [0.2, 0.25) is 0 Å². The SMILES string of the molecule is O=Cc1ccc(N2CCN(c3ccc(C(F)(F)F)cc3[N+](=O)[O-])CC2)s1. The Morgan fingerprint density at radius 2 is 1.73 bits per heavy atom. The highest BCUT2D eigenvalue weighted by molar-refractivity contribution is 7.17. The highest BCUT2D eigenvalue weighted by Crippen LogP contribution is 2.37. The Kier molecular flexibility index (Phi) is 4.86. The monoisotopic (exact) mass is 385 g/mol. The lowest BCUT2D eigenvalue weighted by molar-refractivity contribution is -0.384. The number of anilines is 2. The molecule has 0 N–H and O–H groups in total. The predicted molar refractivity (Wildman–Crippen MR) is 92.2 cm³/mol. The van der Waals surface area contributed by atoms with E-state index in [1.165, 1.54) is 11.3 Å². The predicted octanol–water partition coefficient (Wildman–Crippen LogP) is 3.81. The molecule has 138 valence electrons. The van der Waals surface area contributed by atoms with Crippen LogP contribution >= 0.6 is 11.3 Å². The van der Waals surface area contributed by atoms with Gasteiger partial charge in [-0.05, 0) is 24.3 Å². The Morgan fingerprint density at radius 1 is 1.08 bits per heavy atom. The molecule has 0 spiro atoms. The van der Waals surface area contributed by atoms with E-state index in [0.29, 0.717) is 37.1 Å². The smallest absolute Gasteiger partial charge is 0.362 e. The summed E-state index contributed by atoms with van der Waals surface area (Å²) < 4.78 is 38.4. The third kappa shape index (κ3) is 3.64. The molecule has 10 heteroatoms. The van der Waals surface area contributed by atoms with E-state index in [9.17, 15) is 28.1 Å². The molecule has 1 fully saturated rings. The molecule has 0 atom stereocenters. The van der Waals surface area contributed by atoms with Crippen LogP contribution in [0.25, 0.3) is 0 Å². The summed E-state index contributed by atoms with van der Waals surface area (Å²) in [6, 6.07) is 6.17. The molecule has 1 saturated heterocycles. The third-order valence-corrected chi connectivity index (χ3v) is 5.23. The van der Waals surface area contributed by atoms with Gasteiger partial charge in [0.05, 0.1) is 20.4 Å². The number of nitro groups is 1. The van der Waals surface area contributed by atoms with Crippen LogP contribution in [0.3, 0.4) is 0 Å². The van der Waals surface area contributed by atoms with Crippen molar-refractivity contribution in [1.29, 1.82) is 0 Å². The topological polar surface area (TPSA) is 66.7 Å². The third-order valence-electron chi connectivity index (χ3n) is 4.16. The number of rotatable bonds is 4. The zero-order valence-corrected chi connectivity index (χ0v) is 14.2. The van der Waals surface area contributed by atoms with Gasteiger partial charge in [-0.3, -0.25) is 14.9 Å². The average Bonchev–Trinajstić information content (AvgIpc) is 3.10. The Hall–Kier alpha value is -2.62. The van der Waals surface area contributed by atoms with E-state index in [0.717, 1.165) is 23.4 Å². The van der Waals surface area contributed by atoms with Crippen molar-refractivity contribution in [3.63, 3.8) is 0 Å². The first kappa shape index (κ1) is 18.2. The average molecular weight is 385 g/mol. The maximum absolute atomic E-state index is 12.8. The summed E-state index contributed by atoms with van der Waals surface area (Å²) in [5, 5.41) is 12.2. The van der Waals surface area contributed by atoms with Crippen LogP contribution in [0.4, 0.5) is 29.5 Å². The number of hydrogen-bond donors (Lipinski definition) is 0. The molecular formula is C16H14F3N3O3S. The number of nitro benzene ring substituents is 1. The lowest BCUT2D eigenvalue weighted by atomic mass is 10.1. The number of thiophene rings is 1. The lowest BCUT2D eigenvalue weighted by Crippen LogP contribution is -2.46. The summed E-state index contributed by atoms with van der Waals surface area (Å²) in [4.78, 5) is 25.6. The number of piperazine rings is 1. The van der Waals surface area contributed by atoms with Crippen LogP contribution in [-0.2, 0) is 6.18 Å². The van der Waals surface area contributed by atoms with Crippen molar-refractivity contribution < 1.29 is 22.9 Å². The Labute approximate surface area is 150 Å². The van der Waals surface area contributed by atoms with Gasteiger partial charge in [0, 0.05) is 32.2 Å². The van der Waals surface area contributed by atoms with Gasteiger partial charge >= 0.3 is 6.18 Å². The highest BCUT2D eigenvalue weighted by atomic mass is 32.1. The molecule has 0 aliphatic carbocycles. The molecule has 2 aromatic rings. The number of carbonyl (C=O) groups excluding carboxylic acids is 1. The van der Waals surface area contributed by atoms with Gasteiger partial charge in [-0.15, -0.1) is 11.3 Å². The quantitative estimate of drug-likeness (QED) is 0.455. The van der Waals surface area contributed by atoms with Crippen molar-refractivity contribution in [3.05, 3.63) is 50.9 Å². The van der Waals surface area contributed by atoms with Crippen LogP contribution in [0.5, 0.6) is 0 Å². The number of nitrogens with zero attached hydrogens (tertiary/aromatic N) is 3. The molecule has 1 aliphatic rings. The molecule has 0 saturated carbocycles. The maximum atomic E-state index is 12.8. The zero-order chi connectivity index (χ0) is 18.9. The van der Waals surface area contributed by atoms with Gasteiger partial charge in [-0.25, -0.2) is 0 Å². The van der Waals surface area contributed by atoms with Crippen molar-refractivity contribution in [2.24, 2.45) is 0 Å². The van der Waals surface area contributed by atoms with Crippen molar-refractivity contribution in [2.45, 2.75) is 6.18 Å². The summed E-state index contributed by atoms with van der Waals surface area (Å²) in [6.07, 6.45) is -3.85. The molecular weight excluding hydrogens is 371 g/mol. The summed E-state index contributed by atoms with van der Waals surface area (Å²) in [5.74, 6) is 0. The Bertz CT molecular complexity index is 830. The normalized spacial score (nSPS) is 15.2. The molecule has 26 heavy (non-hydrogen) atoms. The summed E-state index contributed by atoms with van der Waals surface area (Å²) in [7, 11) is 0. The standard InChI is InChI=1S/C16H14F3N3O3S/c17-16(18,19)11-1-3-13(14(9-11)22(24)25)20-5-7-21(8-6-20)15-4-2-12(10-23)26-15/h1-4,9-10H,5-8H2. The van der Waals surface area contributed by atoms with Gasteiger partial charge in [-0.1, -0.05) is 0 Å². The first-order valence-corrected chi connectivity index (χ1v) is 8.52. The summed E-state index contributed by atoms with van der Waals surface area (Å²) in [5.41, 5.74) is -1.40. The van der Waals surface area contributed by atoms with Crippen molar-refractivity contribution >= 4 is 34.0 Å². The molecule has 6 nitrogen and oxygen atoms in total. The fourth-order valence-corrected chi connectivity index (χ4v) is 3.73. The van der Waals surface area contributed by atoms with Crippen molar-refractivity contribution in [3.8, 4) is 0 Å². The second-order valence-corrected chi connectivity index (χ2v) is 6.82. The molecule has 0 unspecified atom stereocenters. The number of hydrogen-bond acceptors (Lipinski definition) is 6. The van der Waals surface area contributed by atoms with Crippen LogP contribution in [0.15, 0.2) is 30.3 Å². The first-order valence-electron chi connectivity index (χ1n) is 7.70. The van der Waals surface area contributed by atoms with Crippen molar-refractivity contribution in [1.82, 2.24) is 0 Å². The fraction of sp³-hybridized carbons (Fsp3) is 0.312. The summed E-state index contributed by atoms with van der Waals surface area (Å²) in [6.45, 7) is 1.97. The van der Waals surface area contributed by atoms with Gasteiger partial charge in [0.15, 0.2) is 6.29 Å². The number of aldehydes is 1. The van der Waals surface area contributed by atoms with E-state index in [2.05, 4.69) is 0 Å². The number of benzene rings is 1. The molecule has 1 aliphatic heterocycles. The van der Waals surface area contributed by atoms with E-state index >= 15 is 0 Å². The van der Waals surface area contributed by atoms with Crippen LogP contribution in [0, 0.1) is 10.1 Å². The van der Waals surface area contributed by atoms with E-state index in [1.807, 2.05) is 11.0 Å². The van der Waals surface area contributed by atoms with Gasteiger partial charge < -0.3 is 9.80 Å². The van der Waals surface area contributed by atoms with E-state index in [1.54, 1.807) is 11.0 Å². The number of alkyl halides is 3. The second kappa shape index (κ2) is 6.94. The lowest BCUT2D eigenvalue weighted by Gasteiger charge is -2.36. The molecule has 0 radical (unpaired) electrons. The van der Waals surface area contributed by atoms with Crippen LogP contribution in [0.1, 0.15) is 15.2 Å². The van der Waals surface area contributed by atoms with Gasteiger partial charge in [0.1, 0.15) is 5.69 Å². The minimum Gasteiger partial charge on any atom is -0.362 e.